The number of hydrogen-bond acceptors (Lipinski definition) is 4. The van der Waals surface area contributed by atoms with Crippen molar-refractivity contribution in [1.29, 1.82) is 0 Å². The van der Waals surface area contributed by atoms with E-state index in [0.717, 1.165) is 34.0 Å². The molecule has 23 heavy (non-hydrogen) atoms. The maximum atomic E-state index is 10.4. The molecule has 0 spiro atoms. The smallest absolute Gasteiger partial charge is 0.223 e. The van der Waals surface area contributed by atoms with Gasteiger partial charge in [-0.05, 0) is 37.5 Å². The Morgan fingerprint density at radius 2 is 1.96 bits per heavy atom. The number of rotatable bonds is 4. The molecule has 118 valence electrons. The van der Waals surface area contributed by atoms with Gasteiger partial charge in [-0.2, -0.15) is 0 Å². The van der Waals surface area contributed by atoms with Gasteiger partial charge in [0, 0.05) is 29.3 Å². The lowest BCUT2D eigenvalue weighted by Gasteiger charge is -2.13. The summed E-state index contributed by atoms with van der Waals surface area (Å²) >= 11 is 0. The molecular formula is C19H21N3O. The quantitative estimate of drug-likeness (QED) is 0.744. The van der Waals surface area contributed by atoms with Crippen molar-refractivity contribution in [2.24, 2.45) is 0 Å². The average Bonchev–Trinajstić information content (AvgIpc) is 2.55. The predicted molar refractivity (Wildman–Crippen MR) is 94.8 cm³/mol. The molecule has 4 heteroatoms. The second-order valence-electron chi connectivity index (χ2n) is 5.89. The zero-order valence-corrected chi connectivity index (χ0v) is 13.7. The first-order valence-corrected chi connectivity index (χ1v) is 7.90. The number of fused-ring (bicyclic) bond motifs is 1. The molecule has 0 amide bonds. The largest absolute Gasteiger partial charge is 0.507 e. The molecule has 1 aromatic heterocycles. The Hall–Kier alpha value is -2.62. The molecule has 0 aliphatic carbocycles. The fourth-order valence-electron chi connectivity index (χ4n) is 2.55. The van der Waals surface area contributed by atoms with Gasteiger partial charge in [0.2, 0.25) is 5.95 Å². The average molecular weight is 307 g/mol. The van der Waals surface area contributed by atoms with Crippen LogP contribution in [-0.2, 0) is 0 Å². The summed E-state index contributed by atoms with van der Waals surface area (Å²) in [6, 6.07) is 12.0. The van der Waals surface area contributed by atoms with E-state index in [0.29, 0.717) is 12.0 Å². The molecule has 0 bridgehead atoms. The molecular weight excluding hydrogens is 286 g/mol. The number of hydrogen-bond donors (Lipinski definition) is 2. The fourth-order valence-corrected chi connectivity index (χ4v) is 2.55. The van der Waals surface area contributed by atoms with Crippen LogP contribution in [0.15, 0.2) is 42.6 Å². The van der Waals surface area contributed by atoms with Gasteiger partial charge < -0.3 is 10.4 Å². The van der Waals surface area contributed by atoms with Crippen molar-refractivity contribution in [1.82, 2.24) is 9.97 Å². The Bertz CT molecular complexity index is 845. The first-order chi connectivity index (χ1) is 11.1. The van der Waals surface area contributed by atoms with E-state index in [1.807, 2.05) is 37.3 Å². The maximum Gasteiger partial charge on any atom is 0.223 e. The first-order valence-electron chi connectivity index (χ1n) is 7.90. The molecule has 1 unspecified atom stereocenters. The Balaban J connectivity index is 2.06. The molecule has 0 aliphatic heterocycles. The zero-order chi connectivity index (χ0) is 16.4. The highest BCUT2D eigenvalue weighted by atomic mass is 16.3. The minimum atomic E-state index is 0.236. The maximum absolute atomic E-state index is 10.4. The Labute approximate surface area is 136 Å². The number of aromatic hydroxyl groups is 1. The topological polar surface area (TPSA) is 58.0 Å². The minimum absolute atomic E-state index is 0.236. The van der Waals surface area contributed by atoms with Gasteiger partial charge in [-0.1, -0.05) is 31.2 Å². The summed E-state index contributed by atoms with van der Waals surface area (Å²) in [6.45, 7) is 6.24. The van der Waals surface area contributed by atoms with Crippen LogP contribution in [-0.4, -0.2) is 21.1 Å². The van der Waals surface area contributed by atoms with E-state index in [1.165, 1.54) is 0 Å². The van der Waals surface area contributed by atoms with E-state index >= 15 is 0 Å². The van der Waals surface area contributed by atoms with Crippen LogP contribution in [0.4, 0.5) is 5.95 Å². The van der Waals surface area contributed by atoms with E-state index in [1.54, 1.807) is 12.3 Å². The van der Waals surface area contributed by atoms with E-state index < -0.39 is 0 Å². The molecule has 1 heterocycles. The van der Waals surface area contributed by atoms with Gasteiger partial charge in [0.15, 0.2) is 0 Å². The second kappa shape index (κ2) is 6.24. The summed E-state index contributed by atoms with van der Waals surface area (Å²) in [5.41, 5.74) is 3.69. The highest BCUT2D eigenvalue weighted by Gasteiger charge is 2.10. The number of phenolic OH excluding ortho intramolecular Hbond substituents is 1. The first kappa shape index (κ1) is 15.3. The van der Waals surface area contributed by atoms with Gasteiger partial charge in [0.25, 0.3) is 0 Å². The Kier molecular flexibility index (Phi) is 4.15. The Morgan fingerprint density at radius 3 is 2.70 bits per heavy atom. The van der Waals surface area contributed by atoms with Crippen molar-refractivity contribution >= 4 is 16.9 Å². The van der Waals surface area contributed by atoms with Crippen molar-refractivity contribution in [2.75, 3.05) is 5.32 Å². The third kappa shape index (κ3) is 3.11. The molecule has 2 N–H and O–H groups in total. The van der Waals surface area contributed by atoms with Crippen molar-refractivity contribution in [3.63, 3.8) is 0 Å². The third-order valence-electron chi connectivity index (χ3n) is 4.12. The van der Waals surface area contributed by atoms with Crippen molar-refractivity contribution in [3.05, 3.63) is 48.2 Å². The second-order valence-corrected chi connectivity index (χ2v) is 5.89. The number of nitrogens with zero attached hydrogens (tertiary/aromatic N) is 2. The van der Waals surface area contributed by atoms with Crippen LogP contribution in [0.3, 0.4) is 0 Å². The number of phenols is 1. The van der Waals surface area contributed by atoms with Crippen LogP contribution >= 0.6 is 0 Å². The van der Waals surface area contributed by atoms with Crippen LogP contribution < -0.4 is 5.32 Å². The lowest BCUT2D eigenvalue weighted by atomic mass is 9.98. The molecule has 3 aromatic rings. The molecule has 0 aliphatic rings. The molecule has 0 radical (unpaired) electrons. The summed E-state index contributed by atoms with van der Waals surface area (Å²) in [5, 5.41) is 14.6. The molecule has 1 atom stereocenters. The van der Waals surface area contributed by atoms with E-state index in [2.05, 4.69) is 29.1 Å². The molecule has 3 rings (SSSR count). The number of anilines is 1. The molecule has 4 nitrogen and oxygen atoms in total. The standard InChI is InChI=1S/C19H21N3O/c1-4-13(3)21-19-20-11-14-9-16(18(23)10-17(14)22-19)15-8-6-5-7-12(15)2/h5-11,13,23H,4H2,1-3H3,(H,20,21,22). The lowest BCUT2D eigenvalue weighted by Crippen LogP contribution is -2.15. The van der Waals surface area contributed by atoms with E-state index in [-0.39, 0.29) is 5.75 Å². The van der Waals surface area contributed by atoms with Gasteiger partial charge in [-0.25, -0.2) is 9.97 Å². The van der Waals surface area contributed by atoms with Crippen LogP contribution in [0.5, 0.6) is 5.75 Å². The van der Waals surface area contributed by atoms with Crippen molar-refractivity contribution in [3.8, 4) is 16.9 Å². The van der Waals surface area contributed by atoms with Crippen LogP contribution in [0.1, 0.15) is 25.8 Å². The molecule has 0 fully saturated rings. The normalized spacial score (nSPS) is 12.3. The van der Waals surface area contributed by atoms with Crippen LogP contribution in [0, 0.1) is 6.92 Å². The van der Waals surface area contributed by atoms with Gasteiger partial charge in [-0.3, -0.25) is 0 Å². The summed E-state index contributed by atoms with van der Waals surface area (Å²) in [7, 11) is 0. The van der Waals surface area contributed by atoms with Gasteiger partial charge in [0.05, 0.1) is 5.52 Å². The number of nitrogens with one attached hydrogen (secondary N) is 1. The minimum Gasteiger partial charge on any atom is -0.507 e. The summed E-state index contributed by atoms with van der Waals surface area (Å²) in [6.07, 6.45) is 2.80. The van der Waals surface area contributed by atoms with Crippen molar-refractivity contribution < 1.29 is 5.11 Å². The van der Waals surface area contributed by atoms with Gasteiger partial charge >= 0.3 is 0 Å². The zero-order valence-electron chi connectivity index (χ0n) is 13.7. The lowest BCUT2D eigenvalue weighted by molar-refractivity contribution is 0.478. The summed E-state index contributed by atoms with van der Waals surface area (Å²) in [5.74, 6) is 0.829. The van der Waals surface area contributed by atoms with Crippen LogP contribution in [0.2, 0.25) is 0 Å². The van der Waals surface area contributed by atoms with Crippen LogP contribution in [0.25, 0.3) is 22.0 Å². The SMILES string of the molecule is CCC(C)Nc1ncc2cc(-c3ccccc3C)c(O)cc2n1. The Morgan fingerprint density at radius 1 is 1.17 bits per heavy atom. The number of benzene rings is 2. The van der Waals surface area contributed by atoms with Gasteiger partial charge in [0.1, 0.15) is 5.75 Å². The van der Waals surface area contributed by atoms with Gasteiger partial charge in [-0.15, -0.1) is 0 Å². The van der Waals surface area contributed by atoms with Crippen molar-refractivity contribution in [2.45, 2.75) is 33.2 Å². The predicted octanol–water partition coefficient (Wildman–Crippen LogP) is 4.52. The highest BCUT2D eigenvalue weighted by Crippen LogP contribution is 2.34. The number of aromatic nitrogens is 2. The molecule has 0 saturated heterocycles. The van der Waals surface area contributed by atoms with E-state index in [9.17, 15) is 5.11 Å². The summed E-state index contributed by atoms with van der Waals surface area (Å²) < 4.78 is 0. The summed E-state index contributed by atoms with van der Waals surface area (Å²) in [4.78, 5) is 8.88. The molecule has 0 saturated carbocycles. The van der Waals surface area contributed by atoms with E-state index in [4.69, 9.17) is 0 Å². The fraction of sp³-hybridized carbons (Fsp3) is 0.263. The monoisotopic (exact) mass is 307 g/mol. The molecule has 2 aromatic carbocycles. The third-order valence-corrected chi connectivity index (χ3v) is 4.12. The number of aryl methyl sites for hydroxylation is 1. The highest BCUT2D eigenvalue weighted by molar-refractivity contribution is 5.88.